The van der Waals surface area contributed by atoms with E-state index in [4.69, 9.17) is 0 Å². The van der Waals surface area contributed by atoms with E-state index in [9.17, 15) is 4.79 Å². The lowest BCUT2D eigenvalue weighted by Crippen LogP contribution is -2.41. The van der Waals surface area contributed by atoms with Crippen LogP contribution in [0, 0.1) is 0 Å². The first kappa shape index (κ1) is 19.5. The molecule has 0 amide bonds. The second-order valence-corrected chi connectivity index (χ2v) is 5.94. The minimum atomic E-state index is 0. The molecule has 1 N–H and O–H groups in total. The fourth-order valence-corrected chi connectivity index (χ4v) is 3.11. The van der Waals surface area contributed by atoms with Gasteiger partial charge in [-0.2, -0.15) is 0 Å². The zero-order valence-corrected chi connectivity index (χ0v) is 16.8. The van der Waals surface area contributed by atoms with Crippen molar-refractivity contribution in [3.05, 3.63) is 64.6 Å². The molecule has 0 atom stereocenters. The van der Waals surface area contributed by atoms with Crippen LogP contribution in [0.15, 0.2) is 58.4 Å². The van der Waals surface area contributed by atoms with Crippen molar-refractivity contribution in [1.29, 1.82) is 0 Å². The SMILES string of the molecule is CN=C(NCCCCn1ccccc1=O)N1CCc2ccccc21.I. The first-order valence-corrected chi connectivity index (χ1v) is 8.51. The van der Waals surface area contributed by atoms with Gasteiger partial charge >= 0.3 is 0 Å². The number of nitrogens with one attached hydrogen (secondary N) is 1. The number of pyridine rings is 1. The molecule has 1 aliphatic rings. The van der Waals surface area contributed by atoms with Crippen LogP contribution in [0.4, 0.5) is 5.69 Å². The summed E-state index contributed by atoms with van der Waals surface area (Å²) in [7, 11) is 1.83. The van der Waals surface area contributed by atoms with E-state index < -0.39 is 0 Å². The molecule has 0 radical (unpaired) electrons. The normalized spacial score (nSPS) is 13.3. The van der Waals surface area contributed by atoms with Crippen molar-refractivity contribution in [3.8, 4) is 0 Å². The van der Waals surface area contributed by atoms with Crippen LogP contribution in [-0.4, -0.2) is 30.7 Å². The number of anilines is 1. The summed E-state index contributed by atoms with van der Waals surface area (Å²) in [6.45, 7) is 2.58. The van der Waals surface area contributed by atoms with Crippen LogP contribution in [0.1, 0.15) is 18.4 Å². The number of nitrogens with zero attached hydrogens (tertiary/aromatic N) is 3. The lowest BCUT2D eigenvalue weighted by atomic mass is 10.2. The highest BCUT2D eigenvalue weighted by atomic mass is 127. The van der Waals surface area contributed by atoms with E-state index in [0.29, 0.717) is 0 Å². The van der Waals surface area contributed by atoms with Gasteiger partial charge < -0.3 is 14.8 Å². The largest absolute Gasteiger partial charge is 0.356 e. The Morgan fingerprint density at radius 3 is 2.76 bits per heavy atom. The maximum Gasteiger partial charge on any atom is 0.250 e. The molecule has 6 heteroatoms. The Morgan fingerprint density at radius 1 is 1.16 bits per heavy atom. The number of halogens is 1. The summed E-state index contributed by atoms with van der Waals surface area (Å²) in [6.07, 6.45) is 4.87. The minimum absolute atomic E-state index is 0. The summed E-state index contributed by atoms with van der Waals surface area (Å²) in [5.41, 5.74) is 2.69. The number of aryl methyl sites for hydroxylation is 1. The van der Waals surface area contributed by atoms with Gasteiger partial charge in [-0.15, -0.1) is 24.0 Å². The first-order valence-electron chi connectivity index (χ1n) is 8.51. The minimum Gasteiger partial charge on any atom is -0.356 e. The second-order valence-electron chi connectivity index (χ2n) is 5.94. The number of guanidine groups is 1. The third-order valence-corrected chi connectivity index (χ3v) is 4.36. The number of para-hydroxylation sites is 1. The fourth-order valence-electron chi connectivity index (χ4n) is 3.11. The van der Waals surface area contributed by atoms with Crippen molar-refractivity contribution < 1.29 is 0 Å². The number of rotatable bonds is 5. The maximum atomic E-state index is 11.6. The number of hydrogen-bond acceptors (Lipinski definition) is 2. The van der Waals surface area contributed by atoms with E-state index in [0.717, 1.165) is 44.9 Å². The highest BCUT2D eigenvalue weighted by Gasteiger charge is 2.21. The van der Waals surface area contributed by atoms with Crippen molar-refractivity contribution in [1.82, 2.24) is 9.88 Å². The Balaban J connectivity index is 0.00000225. The van der Waals surface area contributed by atoms with Crippen molar-refractivity contribution in [2.24, 2.45) is 4.99 Å². The first-order chi connectivity index (χ1) is 11.8. The molecule has 0 saturated heterocycles. The van der Waals surface area contributed by atoms with Gasteiger partial charge in [-0.3, -0.25) is 9.79 Å². The number of benzene rings is 1. The van der Waals surface area contributed by atoms with Gasteiger partial charge in [0, 0.05) is 44.6 Å². The van der Waals surface area contributed by atoms with Crippen LogP contribution < -0.4 is 15.8 Å². The molecular formula is C19H25IN4O. The lowest BCUT2D eigenvalue weighted by Gasteiger charge is -2.22. The predicted octanol–water partition coefficient (Wildman–Crippen LogP) is 2.88. The van der Waals surface area contributed by atoms with Gasteiger partial charge in [0.25, 0.3) is 0 Å². The summed E-state index contributed by atoms with van der Waals surface area (Å²) < 4.78 is 1.76. The summed E-state index contributed by atoms with van der Waals surface area (Å²) in [6, 6.07) is 13.8. The third kappa shape index (κ3) is 4.84. The average molecular weight is 452 g/mol. The predicted molar refractivity (Wildman–Crippen MR) is 114 cm³/mol. The number of hydrogen-bond donors (Lipinski definition) is 1. The summed E-state index contributed by atoms with van der Waals surface area (Å²) in [5, 5.41) is 3.44. The van der Waals surface area contributed by atoms with Crippen molar-refractivity contribution in [2.45, 2.75) is 25.8 Å². The molecule has 3 rings (SSSR count). The lowest BCUT2D eigenvalue weighted by molar-refractivity contribution is 0.587. The van der Waals surface area contributed by atoms with Crippen molar-refractivity contribution in [2.75, 3.05) is 25.0 Å². The maximum absolute atomic E-state index is 11.6. The van der Waals surface area contributed by atoms with Gasteiger partial charge in [0.1, 0.15) is 0 Å². The van der Waals surface area contributed by atoms with E-state index in [-0.39, 0.29) is 29.5 Å². The van der Waals surface area contributed by atoms with E-state index in [1.54, 1.807) is 16.7 Å². The molecule has 0 fully saturated rings. The zero-order chi connectivity index (χ0) is 16.8. The van der Waals surface area contributed by atoms with Crippen molar-refractivity contribution >= 4 is 35.6 Å². The standard InChI is InChI=1S/C19H24N4O.HI/c1-20-19(23-15-11-16-8-2-3-9-17(16)23)21-12-5-7-14-22-13-6-4-10-18(22)24;/h2-4,6,8-10,13H,5,7,11-12,14-15H2,1H3,(H,20,21);1H. The van der Waals surface area contributed by atoms with E-state index in [1.165, 1.54) is 11.3 Å². The Hall–Kier alpha value is -1.83. The molecule has 1 aliphatic heterocycles. The van der Waals surface area contributed by atoms with E-state index in [2.05, 4.69) is 39.5 Å². The molecule has 5 nitrogen and oxygen atoms in total. The van der Waals surface area contributed by atoms with Crippen LogP contribution in [-0.2, 0) is 13.0 Å². The van der Waals surface area contributed by atoms with Crippen LogP contribution in [0.3, 0.4) is 0 Å². The fraction of sp³-hybridized carbons (Fsp3) is 0.368. The summed E-state index contributed by atoms with van der Waals surface area (Å²) >= 11 is 0. The van der Waals surface area contributed by atoms with Gasteiger partial charge in [0.05, 0.1) is 0 Å². The Bertz CT molecular complexity index is 772. The number of aliphatic imine (C=N–C) groups is 1. The highest BCUT2D eigenvalue weighted by molar-refractivity contribution is 14.0. The molecule has 0 bridgehead atoms. The molecule has 1 aromatic carbocycles. The average Bonchev–Trinajstić information content (AvgIpc) is 3.04. The molecule has 0 unspecified atom stereocenters. The van der Waals surface area contributed by atoms with Gasteiger partial charge in [0.15, 0.2) is 5.96 Å². The Morgan fingerprint density at radius 2 is 1.96 bits per heavy atom. The van der Waals surface area contributed by atoms with Crippen molar-refractivity contribution in [3.63, 3.8) is 0 Å². The quantitative estimate of drug-likeness (QED) is 0.329. The molecule has 2 heterocycles. The van der Waals surface area contributed by atoms with Gasteiger partial charge in [0.2, 0.25) is 5.56 Å². The molecule has 2 aromatic rings. The molecular weight excluding hydrogens is 427 g/mol. The van der Waals surface area contributed by atoms with Crippen LogP contribution in [0.25, 0.3) is 0 Å². The van der Waals surface area contributed by atoms with Crippen LogP contribution in [0.2, 0.25) is 0 Å². The number of aromatic nitrogens is 1. The molecule has 1 aromatic heterocycles. The third-order valence-electron chi connectivity index (χ3n) is 4.36. The topological polar surface area (TPSA) is 49.6 Å². The van der Waals surface area contributed by atoms with Gasteiger partial charge in [-0.1, -0.05) is 24.3 Å². The smallest absolute Gasteiger partial charge is 0.250 e. The Labute approximate surface area is 165 Å². The van der Waals surface area contributed by atoms with E-state index in [1.807, 2.05) is 19.3 Å². The molecule has 0 spiro atoms. The van der Waals surface area contributed by atoms with E-state index >= 15 is 0 Å². The zero-order valence-electron chi connectivity index (χ0n) is 14.5. The highest BCUT2D eigenvalue weighted by Crippen LogP contribution is 2.27. The monoisotopic (exact) mass is 452 g/mol. The summed E-state index contributed by atoms with van der Waals surface area (Å²) in [5.74, 6) is 0.928. The molecule has 0 aliphatic carbocycles. The molecule has 134 valence electrons. The summed E-state index contributed by atoms with van der Waals surface area (Å²) in [4.78, 5) is 18.3. The number of unbranched alkanes of at least 4 members (excludes halogenated alkanes) is 1. The van der Waals surface area contributed by atoms with Crippen LogP contribution in [0.5, 0.6) is 0 Å². The number of fused-ring (bicyclic) bond motifs is 1. The molecule has 0 saturated carbocycles. The van der Waals surface area contributed by atoms with Crippen LogP contribution >= 0.6 is 24.0 Å². The second kappa shape index (κ2) is 9.60. The molecule has 25 heavy (non-hydrogen) atoms. The van der Waals surface area contributed by atoms with Gasteiger partial charge in [-0.25, -0.2) is 0 Å². The Kier molecular flexibility index (Phi) is 7.49. The van der Waals surface area contributed by atoms with Gasteiger partial charge in [-0.05, 0) is 37.0 Å².